The van der Waals surface area contributed by atoms with Crippen LogP contribution in [-0.4, -0.2) is 42.1 Å². The van der Waals surface area contributed by atoms with Gasteiger partial charge < -0.3 is 15.0 Å². The van der Waals surface area contributed by atoms with Gasteiger partial charge in [-0.15, -0.1) is 0 Å². The normalized spacial score (nSPS) is 20.2. The van der Waals surface area contributed by atoms with Crippen LogP contribution in [0.5, 0.6) is 0 Å². The lowest BCUT2D eigenvalue weighted by molar-refractivity contribution is -0.171. The standard InChI is InChI=1S/C17H26N2O2/c1-12-9-13(7-8-14(12)18-6)15(20)19-10-16(2,3)21-17(4,5)11-19/h7-9,18H,10-11H2,1-6H3. The molecule has 1 N–H and O–H groups in total. The van der Waals surface area contributed by atoms with E-state index < -0.39 is 0 Å². The van der Waals surface area contributed by atoms with Crippen LogP contribution < -0.4 is 5.32 Å². The molecule has 0 radical (unpaired) electrons. The lowest BCUT2D eigenvalue weighted by atomic mass is 9.98. The first-order chi connectivity index (χ1) is 9.63. The van der Waals surface area contributed by atoms with Gasteiger partial charge in [-0.3, -0.25) is 4.79 Å². The number of carbonyl (C=O) groups is 1. The van der Waals surface area contributed by atoms with Gasteiger partial charge in [0.05, 0.1) is 11.2 Å². The lowest BCUT2D eigenvalue weighted by Crippen LogP contribution is -2.58. The third-order valence-electron chi connectivity index (χ3n) is 3.73. The summed E-state index contributed by atoms with van der Waals surface area (Å²) in [6, 6.07) is 5.79. The van der Waals surface area contributed by atoms with Crippen LogP contribution in [0.2, 0.25) is 0 Å². The molecule has 4 nitrogen and oxygen atoms in total. The summed E-state index contributed by atoms with van der Waals surface area (Å²) in [6.45, 7) is 11.4. The summed E-state index contributed by atoms with van der Waals surface area (Å²) < 4.78 is 6.03. The molecule has 1 aliphatic heterocycles. The molecule has 0 aromatic heterocycles. The molecule has 1 saturated heterocycles. The molecule has 1 heterocycles. The summed E-state index contributed by atoms with van der Waals surface area (Å²) in [5, 5.41) is 3.12. The van der Waals surface area contributed by atoms with Crippen LogP contribution in [-0.2, 0) is 4.74 Å². The Labute approximate surface area is 127 Å². The van der Waals surface area contributed by atoms with Crippen LogP contribution in [0.1, 0.15) is 43.6 Å². The summed E-state index contributed by atoms with van der Waals surface area (Å²) in [6.07, 6.45) is 0. The number of nitrogens with zero attached hydrogens (tertiary/aromatic N) is 1. The fraction of sp³-hybridized carbons (Fsp3) is 0.588. The number of carbonyl (C=O) groups excluding carboxylic acids is 1. The Morgan fingerprint density at radius 3 is 2.24 bits per heavy atom. The summed E-state index contributed by atoms with van der Waals surface area (Å²) >= 11 is 0. The van der Waals surface area contributed by atoms with Gasteiger partial charge in [0.2, 0.25) is 0 Å². The van der Waals surface area contributed by atoms with Crippen LogP contribution in [0, 0.1) is 6.92 Å². The first-order valence-corrected chi connectivity index (χ1v) is 7.41. The average molecular weight is 290 g/mol. The van der Waals surface area contributed by atoms with Crippen molar-refractivity contribution in [1.29, 1.82) is 0 Å². The van der Waals surface area contributed by atoms with E-state index in [-0.39, 0.29) is 17.1 Å². The third-order valence-corrected chi connectivity index (χ3v) is 3.73. The van der Waals surface area contributed by atoms with Crippen molar-refractivity contribution >= 4 is 11.6 Å². The number of morpholine rings is 1. The van der Waals surface area contributed by atoms with Gasteiger partial charge in [0.25, 0.3) is 5.91 Å². The number of amides is 1. The van der Waals surface area contributed by atoms with E-state index in [1.807, 2.05) is 64.8 Å². The smallest absolute Gasteiger partial charge is 0.254 e. The molecular formula is C17H26N2O2. The maximum Gasteiger partial charge on any atom is 0.254 e. The SMILES string of the molecule is CNc1ccc(C(=O)N2CC(C)(C)OC(C)(C)C2)cc1C. The Morgan fingerprint density at radius 1 is 1.19 bits per heavy atom. The molecule has 1 fully saturated rings. The fourth-order valence-electron chi connectivity index (χ4n) is 3.19. The Balaban J connectivity index is 2.25. The minimum atomic E-state index is -0.322. The van der Waals surface area contributed by atoms with E-state index in [4.69, 9.17) is 4.74 Å². The fourth-order valence-corrected chi connectivity index (χ4v) is 3.19. The highest BCUT2D eigenvalue weighted by Crippen LogP contribution is 2.29. The van der Waals surface area contributed by atoms with Crippen molar-refractivity contribution < 1.29 is 9.53 Å². The van der Waals surface area contributed by atoms with Crippen LogP contribution in [0.25, 0.3) is 0 Å². The number of anilines is 1. The molecule has 1 amide bonds. The van der Waals surface area contributed by atoms with Crippen LogP contribution >= 0.6 is 0 Å². The second-order valence-corrected chi connectivity index (χ2v) is 7.06. The Morgan fingerprint density at radius 2 is 1.76 bits per heavy atom. The van der Waals surface area contributed by atoms with Crippen LogP contribution in [0.15, 0.2) is 18.2 Å². The number of ether oxygens (including phenoxy) is 1. The highest BCUT2D eigenvalue weighted by molar-refractivity contribution is 5.95. The van der Waals surface area contributed by atoms with Crippen molar-refractivity contribution in [2.75, 3.05) is 25.5 Å². The number of nitrogens with one attached hydrogen (secondary N) is 1. The molecule has 0 unspecified atom stereocenters. The number of aryl methyl sites for hydroxylation is 1. The maximum atomic E-state index is 12.8. The van der Waals surface area contributed by atoms with Gasteiger partial charge in [-0.2, -0.15) is 0 Å². The topological polar surface area (TPSA) is 41.6 Å². The van der Waals surface area contributed by atoms with E-state index in [0.29, 0.717) is 13.1 Å². The molecule has 4 heteroatoms. The molecule has 1 aromatic carbocycles. The van der Waals surface area contributed by atoms with Gasteiger partial charge in [-0.05, 0) is 58.4 Å². The number of hydrogen-bond donors (Lipinski definition) is 1. The Bertz CT molecular complexity index is 534. The molecule has 21 heavy (non-hydrogen) atoms. The molecule has 1 aliphatic rings. The first kappa shape index (κ1) is 15.8. The zero-order chi connectivity index (χ0) is 15.8. The number of rotatable bonds is 2. The minimum Gasteiger partial charge on any atom is -0.388 e. The zero-order valence-electron chi connectivity index (χ0n) is 13.9. The summed E-state index contributed by atoms with van der Waals surface area (Å²) in [5.74, 6) is 0.0743. The zero-order valence-corrected chi connectivity index (χ0v) is 13.9. The molecule has 0 bridgehead atoms. The second-order valence-electron chi connectivity index (χ2n) is 7.06. The van der Waals surface area contributed by atoms with E-state index in [9.17, 15) is 4.79 Å². The predicted octanol–water partition coefficient (Wildman–Crippen LogP) is 3.07. The van der Waals surface area contributed by atoms with E-state index >= 15 is 0 Å². The number of hydrogen-bond acceptors (Lipinski definition) is 3. The van der Waals surface area contributed by atoms with Gasteiger partial charge in [0.1, 0.15) is 0 Å². The number of benzene rings is 1. The van der Waals surface area contributed by atoms with Crippen LogP contribution in [0.3, 0.4) is 0 Å². The monoisotopic (exact) mass is 290 g/mol. The summed E-state index contributed by atoms with van der Waals surface area (Å²) in [4.78, 5) is 14.7. The van der Waals surface area contributed by atoms with Crippen molar-refractivity contribution in [3.8, 4) is 0 Å². The second kappa shape index (κ2) is 5.34. The molecule has 0 atom stereocenters. The Hall–Kier alpha value is -1.55. The highest BCUT2D eigenvalue weighted by atomic mass is 16.5. The van der Waals surface area contributed by atoms with Crippen molar-refractivity contribution in [2.24, 2.45) is 0 Å². The van der Waals surface area contributed by atoms with Crippen LogP contribution in [0.4, 0.5) is 5.69 Å². The quantitative estimate of drug-likeness (QED) is 0.910. The van der Waals surface area contributed by atoms with Crippen molar-refractivity contribution in [1.82, 2.24) is 4.90 Å². The van der Waals surface area contributed by atoms with Gasteiger partial charge in [0, 0.05) is 31.4 Å². The molecule has 0 spiro atoms. The van der Waals surface area contributed by atoms with Gasteiger partial charge in [-0.1, -0.05) is 0 Å². The predicted molar refractivity (Wildman–Crippen MR) is 85.9 cm³/mol. The molecule has 2 rings (SSSR count). The molecule has 116 valence electrons. The summed E-state index contributed by atoms with van der Waals surface area (Å²) in [5.41, 5.74) is 2.22. The van der Waals surface area contributed by atoms with Gasteiger partial charge in [0.15, 0.2) is 0 Å². The van der Waals surface area contributed by atoms with Crippen molar-refractivity contribution in [3.05, 3.63) is 29.3 Å². The minimum absolute atomic E-state index is 0.0743. The van der Waals surface area contributed by atoms with E-state index in [1.165, 1.54) is 0 Å². The lowest BCUT2D eigenvalue weighted by Gasteiger charge is -2.47. The molecular weight excluding hydrogens is 264 g/mol. The van der Waals surface area contributed by atoms with Gasteiger partial charge in [-0.25, -0.2) is 0 Å². The largest absolute Gasteiger partial charge is 0.388 e. The molecule has 0 aliphatic carbocycles. The van der Waals surface area contributed by atoms with E-state index in [2.05, 4.69) is 5.32 Å². The summed E-state index contributed by atoms with van der Waals surface area (Å²) in [7, 11) is 1.89. The maximum absolute atomic E-state index is 12.8. The van der Waals surface area contributed by atoms with Gasteiger partial charge >= 0.3 is 0 Å². The molecule has 0 saturated carbocycles. The average Bonchev–Trinajstić information content (AvgIpc) is 2.34. The first-order valence-electron chi connectivity index (χ1n) is 7.41. The van der Waals surface area contributed by atoms with Crippen molar-refractivity contribution in [2.45, 2.75) is 45.8 Å². The highest BCUT2D eigenvalue weighted by Gasteiger charge is 2.40. The Kier molecular flexibility index (Phi) is 4.02. The molecule has 1 aromatic rings. The van der Waals surface area contributed by atoms with E-state index in [0.717, 1.165) is 16.8 Å². The van der Waals surface area contributed by atoms with E-state index in [1.54, 1.807) is 0 Å². The van der Waals surface area contributed by atoms with Crippen molar-refractivity contribution in [3.63, 3.8) is 0 Å². The third kappa shape index (κ3) is 3.56.